The van der Waals surface area contributed by atoms with Gasteiger partial charge in [0.05, 0.1) is 24.9 Å². The van der Waals surface area contributed by atoms with Gasteiger partial charge in [-0.05, 0) is 41.3 Å². The van der Waals surface area contributed by atoms with Gasteiger partial charge in [-0.1, -0.05) is 47.7 Å². The Hall–Kier alpha value is -2.07. The number of hydrogen-bond acceptors (Lipinski definition) is 5. The molecule has 3 rings (SSSR count). The van der Waals surface area contributed by atoms with Crippen LogP contribution in [-0.4, -0.2) is 47.3 Å². The molecule has 3 atom stereocenters. The molecular formula is C23H25ClO5. The van der Waals surface area contributed by atoms with Crippen molar-refractivity contribution in [1.82, 2.24) is 0 Å². The zero-order valence-corrected chi connectivity index (χ0v) is 16.8. The molecule has 0 saturated carbocycles. The summed E-state index contributed by atoms with van der Waals surface area (Å²) in [6.07, 6.45) is 0.506. The van der Waals surface area contributed by atoms with Gasteiger partial charge in [0.15, 0.2) is 0 Å². The first-order valence-corrected chi connectivity index (χ1v) is 9.98. The molecule has 0 aromatic heterocycles. The zero-order chi connectivity index (χ0) is 20.6. The summed E-state index contributed by atoms with van der Waals surface area (Å²) in [6.45, 7) is -0.0441. The second-order valence-corrected chi connectivity index (χ2v) is 7.43. The Morgan fingerprint density at radius 3 is 2.59 bits per heavy atom. The third kappa shape index (κ3) is 6.20. The summed E-state index contributed by atoms with van der Waals surface area (Å²) in [5, 5.41) is 28.8. The summed E-state index contributed by atoms with van der Waals surface area (Å²) >= 11 is 6.41. The number of benzene rings is 2. The number of hydrogen-bond donors (Lipinski definition) is 3. The number of rotatable bonds is 6. The lowest BCUT2D eigenvalue weighted by Gasteiger charge is -2.32. The molecule has 2 aromatic carbocycles. The molecule has 0 aliphatic carbocycles. The van der Waals surface area contributed by atoms with Crippen LogP contribution >= 0.6 is 11.6 Å². The molecule has 1 fully saturated rings. The van der Waals surface area contributed by atoms with Gasteiger partial charge in [-0.3, -0.25) is 0 Å². The highest BCUT2D eigenvalue weighted by molar-refractivity contribution is 6.31. The van der Waals surface area contributed by atoms with Crippen molar-refractivity contribution in [2.24, 2.45) is 0 Å². The van der Waals surface area contributed by atoms with Crippen LogP contribution in [0.3, 0.4) is 0 Å². The van der Waals surface area contributed by atoms with Gasteiger partial charge in [0, 0.05) is 17.9 Å². The van der Waals surface area contributed by atoms with E-state index >= 15 is 0 Å². The summed E-state index contributed by atoms with van der Waals surface area (Å²) < 4.78 is 11.4. The number of ether oxygens (including phenoxy) is 2. The molecule has 0 bridgehead atoms. The maximum Gasteiger partial charge on any atom is 0.149 e. The van der Waals surface area contributed by atoms with Crippen LogP contribution in [0.4, 0.5) is 0 Å². The van der Waals surface area contributed by atoms with Gasteiger partial charge >= 0.3 is 0 Å². The van der Waals surface area contributed by atoms with Gasteiger partial charge in [0.2, 0.25) is 0 Å². The quantitative estimate of drug-likeness (QED) is 0.631. The molecule has 0 radical (unpaired) electrons. The van der Waals surface area contributed by atoms with Crippen molar-refractivity contribution in [1.29, 1.82) is 0 Å². The molecule has 3 unspecified atom stereocenters. The average molecular weight is 417 g/mol. The van der Waals surface area contributed by atoms with E-state index in [1.807, 2.05) is 42.5 Å². The smallest absolute Gasteiger partial charge is 0.149 e. The van der Waals surface area contributed by atoms with E-state index < -0.39 is 6.10 Å². The van der Waals surface area contributed by atoms with Crippen LogP contribution < -0.4 is 4.74 Å². The van der Waals surface area contributed by atoms with E-state index in [1.165, 1.54) is 0 Å². The van der Waals surface area contributed by atoms with Crippen molar-refractivity contribution >= 4 is 11.6 Å². The second-order valence-electron chi connectivity index (χ2n) is 7.03. The predicted molar refractivity (Wildman–Crippen MR) is 111 cm³/mol. The molecule has 29 heavy (non-hydrogen) atoms. The minimum absolute atomic E-state index is 0.103. The summed E-state index contributed by atoms with van der Waals surface area (Å²) in [6, 6.07) is 13.5. The Morgan fingerprint density at radius 1 is 1.07 bits per heavy atom. The molecule has 2 aromatic rings. The van der Waals surface area contributed by atoms with Gasteiger partial charge in [-0.15, -0.1) is 0 Å². The van der Waals surface area contributed by atoms with E-state index in [0.29, 0.717) is 30.0 Å². The van der Waals surface area contributed by atoms with Crippen molar-refractivity contribution in [3.8, 4) is 17.6 Å². The van der Waals surface area contributed by atoms with Crippen molar-refractivity contribution in [3.63, 3.8) is 0 Å². The summed E-state index contributed by atoms with van der Waals surface area (Å²) in [5.74, 6) is 5.95. The molecule has 6 heteroatoms. The van der Waals surface area contributed by atoms with Gasteiger partial charge in [-0.2, -0.15) is 0 Å². The monoisotopic (exact) mass is 416 g/mol. The SMILES string of the molecule is OCC#CCOc1ccc(Cc2cc(C3CC(O)CC(CO)O3)ccc2Cl)cc1. The van der Waals surface area contributed by atoms with E-state index in [1.54, 1.807) is 0 Å². The van der Waals surface area contributed by atoms with E-state index in [4.69, 9.17) is 26.2 Å². The highest BCUT2D eigenvalue weighted by Crippen LogP contribution is 2.33. The minimum atomic E-state index is -0.486. The zero-order valence-electron chi connectivity index (χ0n) is 16.1. The van der Waals surface area contributed by atoms with E-state index in [2.05, 4.69) is 11.8 Å². The molecule has 3 N–H and O–H groups in total. The summed E-state index contributed by atoms with van der Waals surface area (Å²) in [7, 11) is 0. The molecule has 1 heterocycles. The number of halogens is 1. The molecule has 1 aliphatic rings. The third-order valence-corrected chi connectivity index (χ3v) is 5.22. The maximum atomic E-state index is 10.1. The van der Waals surface area contributed by atoms with Crippen LogP contribution in [0, 0.1) is 11.8 Å². The Balaban J connectivity index is 1.68. The van der Waals surface area contributed by atoms with Gasteiger partial charge in [0.25, 0.3) is 0 Å². The molecule has 0 spiro atoms. The average Bonchev–Trinajstić information content (AvgIpc) is 2.73. The van der Waals surface area contributed by atoms with Gasteiger partial charge in [0.1, 0.15) is 19.0 Å². The Kier molecular flexibility index (Phi) is 7.93. The fraction of sp³-hybridized carbons (Fsp3) is 0.391. The van der Waals surface area contributed by atoms with Crippen LogP contribution in [0.2, 0.25) is 5.02 Å². The first-order chi connectivity index (χ1) is 14.1. The van der Waals surface area contributed by atoms with Crippen molar-refractivity contribution in [2.75, 3.05) is 19.8 Å². The highest BCUT2D eigenvalue weighted by Gasteiger charge is 2.29. The first-order valence-electron chi connectivity index (χ1n) is 9.60. The summed E-state index contributed by atoms with van der Waals surface area (Å²) in [5.41, 5.74) is 3.00. The summed E-state index contributed by atoms with van der Waals surface area (Å²) in [4.78, 5) is 0. The van der Waals surface area contributed by atoms with Crippen LogP contribution in [-0.2, 0) is 11.2 Å². The van der Waals surface area contributed by atoms with Crippen molar-refractivity contribution in [2.45, 2.75) is 37.6 Å². The van der Waals surface area contributed by atoms with E-state index in [9.17, 15) is 10.2 Å². The number of aliphatic hydroxyl groups excluding tert-OH is 3. The Bertz CT molecular complexity index is 856. The van der Waals surface area contributed by atoms with E-state index in [0.717, 1.165) is 16.7 Å². The van der Waals surface area contributed by atoms with Crippen LogP contribution in [0.5, 0.6) is 5.75 Å². The number of aliphatic hydroxyl groups is 3. The molecule has 5 nitrogen and oxygen atoms in total. The topological polar surface area (TPSA) is 79.2 Å². The van der Waals surface area contributed by atoms with Crippen molar-refractivity contribution < 1.29 is 24.8 Å². The van der Waals surface area contributed by atoms with E-state index in [-0.39, 0.29) is 32.0 Å². The van der Waals surface area contributed by atoms with Gasteiger partial charge < -0.3 is 24.8 Å². The Morgan fingerprint density at radius 2 is 1.86 bits per heavy atom. The van der Waals surface area contributed by atoms with Crippen LogP contribution in [0.25, 0.3) is 0 Å². The maximum absolute atomic E-state index is 10.1. The second kappa shape index (κ2) is 10.6. The third-order valence-electron chi connectivity index (χ3n) is 4.86. The van der Waals surface area contributed by atoms with Crippen molar-refractivity contribution in [3.05, 3.63) is 64.2 Å². The van der Waals surface area contributed by atoms with Gasteiger partial charge in [-0.25, -0.2) is 0 Å². The Labute approximate surface area is 175 Å². The lowest BCUT2D eigenvalue weighted by molar-refractivity contribution is -0.113. The predicted octanol–water partition coefficient (Wildman–Crippen LogP) is 2.88. The first kappa shape index (κ1) is 21.6. The minimum Gasteiger partial charge on any atom is -0.481 e. The fourth-order valence-corrected chi connectivity index (χ4v) is 3.59. The fourth-order valence-electron chi connectivity index (χ4n) is 3.40. The highest BCUT2D eigenvalue weighted by atomic mass is 35.5. The molecule has 0 amide bonds. The molecule has 154 valence electrons. The lowest BCUT2D eigenvalue weighted by Crippen LogP contribution is -2.33. The largest absolute Gasteiger partial charge is 0.481 e. The molecule has 1 aliphatic heterocycles. The normalized spacial score (nSPS) is 21.3. The standard InChI is InChI=1S/C23H25ClO5/c24-22-8-5-17(23-14-19(27)13-21(15-26)29-23)12-18(22)11-16-3-6-20(7-4-16)28-10-2-1-9-25/h3-8,12,19,21,23,25-27H,9-11,13-15H2. The van der Waals surface area contributed by atoms with Crippen LogP contribution in [0.1, 0.15) is 35.6 Å². The lowest BCUT2D eigenvalue weighted by atomic mass is 9.94. The molecule has 1 saturated heterocycles. The van der Waals surface area contributed by atoms with Crippen LogP contribution in [0.15, 0.2) is 42.5 Å². The molecular weight excluding hydrogens is 392 g/mol.